The van der Waals surface area contributed by atoms with Crippen LogP contribution in [0, 0.1) is 0 Å². The largest absolute Gasteiger partial charge is 0.507 e. The van der Waals surface area contributed by atoms with E-state index in [1.807, 2.05) is 30.3 Å². The van der Waals surface area contributed by atoms with Gasteiger partial charge in [-0.25, -0.2) is 0 Å². The molecule has 0 aliphatic rings. The molecule has 3 rings (SSSR count). The summed E-state index contributed by atoms with van der Waals surface area (Å²) in [4.78, 5) is 22.9. The summed E-state index contributed by atoms with van der Waals surface area (Å²) in [6, 6.07) is 16.7. The van der Waals surface area contributed by atoms with E-state index < -0.39 is 0 Å². The highest BCUT2D eigenvalue weighted by Crippen LogP contribution is 2.30. The van der Waals surface area contributed by atoms with Gasteiger partial charge < -0.3 is 26.6 Å². The number of nitrogens with two attached hydrogens (primary N) is 2. The number of ether oxygens (including phenoxy) is 1. The molecule has 1 aromatic heterocycles. The molecule has 2 amide bonds. The Bertz CT molecular complexity index is 1220. The Hall–Kier alpha value is -4.14. The van der Waals surface area contributed by atoms with Crippen molar-refractivity contribution in [3.05, 3.63) is 65.7 Å². The summed E-state index contributed by atoms with van der Waals surface area (Å²) in [6.07, 6.45) is 10.2. The van der Waals surface area contributed by atoms with Crippen LogP contribution in [0.1, 0.15) is 75.3 Å². The molecule has 9 nitrogen and oxygen atoms in total. The topological polar surface area (TPSA) is 153 Å². The highest BCUT2D eigenvalue weighted by atomic mass is 16.5. The molecule has 6 N–H and O–H groups in total. The van der Waals surface area contributed by atoms with Gasteiger partial charge in [0.1, 0.15) is 11.4 Å². The zero-order chi connectivity index (χ0) is 28.6. The standard InChI is InChI=1S/C31H41N5O4/c32-29(38)13-7-5-3-1-2-4-6-8-14-30(39)34-22-24-17-15-23(16-18-24)19-20-40-28-21-26(35-36-31(28)33)25-11-9-10-12-27(25)37/h9-12,15-18,21,37H,1-8,13-14,19-20,22H2,(H2,32,38)(H2,33,36)(H,34,39). The van der Waals surface area contributed by atoms with Crippen LogP contribution in [0.25, 0.3) is 11.3 Å². The SMILES string of the molecule is NC(=O)CCCCCCCCCCC(=O)NCc1ccc(CCOc2cc(-c3ccccc3O)nnc2N)cc1. The van der Waals surface area contributed by atoms with Gasteiger partial charge in [-0.3, -0.25) is 9.59 Å². The Kier molecular flexibility index (Phi) is 12.7. The molecule has 3 aromatic rings. The fourth-order valence-electron chi connectivity index (χ4n) is 4.36. The molecule has 0 atom stereocenters. The van der Waals surface area contributed by atoms with Crippen molar-refractivity contribution in [3.63, 3.8) is 0 Å². The van der Waals surface area contributed by atoms with Crippen LogP contribution in [0.15, 0.2) is 54.6 Å². The molecule has 0 saturated heterocycles. The number of nitrogens with zero attached hydrogens (tertiary/aromatic N) is 2. The maximum absolute atomic E-state index is 12.2. The lowest BCUT2D eigenvalue weighted by Gasteiger charge is -2.10. The Labute approximate surface area is 236 Å². The van der Waals surface area contributed by atoms with Gasteiger partial charge in [0, 0.05) is 37.4 Å². The van der Waals surface area contributed by atoms with Crippen LogP contribution in [-0.2, 0) is 22.6 Å². The molecule has 40 heavy (non-hydrogen) atoms. The van der Waals surface area contributed by atoms with Gasteiger partial charge in [0.05, 0.1) is 6.61 Å². The molecule has 0 aliphatic heterocycles. The number of unbranched alkanes of at least 4 members (excludes halogenated alkanes) is 7. The second-order valence-electron chi connectivity index (χ2n) is 9.98. The van der Waals surface area contributed by atoms with Crippen molar-refractivity contribution < 1.29 is 19.4 Å². The number of nitrogen functional groups attached to an aromatic ring is 1. The number of carbonyl (C=O) groups excluding carboxylic acids is 2. The maximum Gasteiger partial charge on any atom is 0.220 e. The predicted molar refractivity (Wildman–Crippen MR) is 156 cm³/mol. The first-order chi connectivity index (χ1) is 19.4. The van der Waals surface area contributed by atoms with Crippen LogP contribution in [0.2, 0.25) is 0 Å². The van der Waals surface area contributed by atoms with Crippen molar-refractivity contribution in [1.82, 2.24) is 15.5 Å². The van der Waals surface area contributed by atoms with E-state index in [4.69, 9.17) is 16.2 Å². The quantitative estimate of drug-likeness (QED) is 0.162. The lowest BCUT2D eigenvalue weighted by atomic mass is 10.1. The summed E-state index contributed by atoms with van der Waals surface area (Å²) in [5.74, 6) is 0.589. The number of para-hydroxylation sites is 1. The second kappa shape index (κ2) is 16.7. The molecular weight excluding hydrogens is 506 g/mol. The number of hydrogen-bond acceptors (Lipinski definition) is 7. The first-order valence-corrected chi connectivity index (χ1v) is 14.1. The maximum atomic E-state index is 12.2. The molecule has 0 unspecified atom stereocenters. The number of phenols is 1. The number of aromatic nitrogens is 2. The van der Waals surface area contributed by atoms with Crippen LogP contribution in [0.5, 0.6) is 11.5 Å². The van der Waals surface area contributed by atoms with Gasteiger partial charge in [0.2, 0.25) is 11.8 Å². The highest BCUT2D eigenvalue weighted by molar-refractivity contribution is 5.75. The van der Waals surface area contributed by atoms with E-state index >= 15 is 0 Å². The van der Waals surface area contributed by atoms with Gasteiger partial charge in [-0.05, 0) is 36.1 Å². The van der Waals surface area contributed by atoms with Gasteiger partial charge in [0.15, 0.2) is 11.6 Å². The summed E-state index contributed by atoms with van der Waals surface area (Å²) in [6.45, 7) is 0.913. The van der Waals surface area contributed by atoms with Crippen molar-refractivity contribution >= 4 is 17.6 Å². The van der Waals surface area contributed by atoms with E-state index in [0.717, 1.165) is 49.7 Å². The minimum Gasteiger partial charge on any atom is -0.507 e. The first-order valence-electron chi connectivity index (χ1n) is 14.1. The molecule has 1 heterocycles. The molecule has 0 fully saturated rings. The number of carbonyl (C=O) groups is 2. The second-order valence-corrected chi connectivity index (χ2v) is 9.98. The van der Waals surface area contributed by atoms with E-state index in [-0.39, 0.29) is 23.4 Å². The highest BCUT2D eigenvalue weighted by Gasteiger charge is 2.11. The van der Waals surface area contributed by atoms with Crippen molar-refractivity contribution in [2.75, 3.05) is 12.3 Å². The number of aromatic hydroxyl groups is 1. The summed E-state index contributed by atoms with van der Waals surface area (Å²) in [5.41, 5.74) is 14.3. The third-order valence-electron chi connectivity index (χ3n) is 6.70. The molecule has 0 spiro atoms. The molecule has 9 heteroatoms. The zero-order valence-electron chi connectivity index (χ0n) is 23.1. The fraction of sp³-hybridized carbons (Fsp3) is 0.419. The third kappa shape index (κ3) is 10.9. The molecule has 0 saturated carbocycles. The van der Waals surface area contributed by atoms with Crippen LogP contribution in [-0.4, -0.2) is 33.7 Å². The number of amides is 2. The van der Waals surface area contributed by atoms with Gasteiger partial charge >= 0.3 is 0 Å². The third-order valence-corrected chi connectivity index (χ3v) is 6.70. The van der Waals surface area contributed by atoms with Crippen molar-refractivity contribution in [2.45, 2.75) is 77.2 Å². The van der Waals surface area contributed by atoms with Gasteiger partial charge in [-0.2, -0.15) is 0 Å². The molecule has 0 aliphatic carbocycles. The number of hydrogen-bond donors (Lipinski definition) is 4. The molecule has 0 bridgehead atoms. The van der Waals surface area contributed by atoms with E-state index in [0.29, 0.717) is 49.4 Å². The Morgan fingerprint density at radius 3 is 2.12 bits per heavy atom. The lowest BCUT2D eigenvalue weighted by Crippen LogP contribution is -2.22. The van der Waals surface area contributed by atoms with Crippen LogP contribution >= 0.6 is 0 Å². The Morgan fingerprint density at radius 2 is 1.45 bits per heavy atom. The number of primary amides is 1. The van der Waals surface area contributed by atoms with Crippen LogP contribution < -0.4 is 21.5 Å². The smallest absolute Gasteiger partial charge is 0.220 e. The average Bonchev–Trinajstić information content (AvgIpc) is 2.95. The summed E-state index contributed by atoms with van der Waals surface area (Å²) in [5, 5.41) is 21.1. The van der Waals surface area contributed by atoms with Crippen LogP contribution in [0.4, 0.5) is 5.82 Å². The molecule has 2 aromatic carbocycles. The number of nitrogens with one attached hydrogen (secondary N) is 1. The molecule has 0 radical (unpaired) electrons. The number of rotatable bonds is 18. The van der Waals surface area contributed by atoms with Crippen molar-refractivity contribution in [3.8, 4) is 22.8 Å². The van der Waals surface area contributed by atoms with Crippen molar-refractivity contribution in [2.24, 2.45) is 5.73 Å². The van der Waals surface area contributed by atoms with E-state index in [9.17, 15) is 14.7 Å². The first kappa shape index (κ1) is 30.4. The summed E-state index contributed by atoms with van der Waals surface area (Å²) >= 11 is 0. The predicted octanol–water partition coefficient (Wildman–Crippen LogP) is 5.06. The van der Waals surface area contributed by atoms with E-state index in [2.05, 4.69) is 15.5 Å². The fourth-order valence-corrected chi connectivity index (χ4v) is 4.36. The Morgan fingerprint density at radius 1 is 0.825 bits per heavy atom. The summed E-state index contributed by atoms with van der Waals surface area (Å²) < 4.78 is 5.86. The van der Waals surface area contributed by atoms with Gasteiger partial charge in [-0.1, -0.05) is 74.9 Å². The van der Waals surface area contributed by atoms with Gasteiger partial charge in [-0.15, -0.1) is 10.2 Å². The molecule has 214 valence electrons. The monoisotopic (exact) mass is 547 g/mol. The van der Waals surface area contributed by atoms with E-state index in [1.54, 1.807) is 24.3 Å². The van der Waals surface area contributed by atoms with Gasteiger partial charge in [0.25, 0.3) is 0 Å². The molecular formula is C31H41N5O4. The number of benzene rings is 2. The Balaban J connectivity index is 1.29. The zero-order valence-corrected chi connectivity index (χ0v) is 23.1. The lowest BCUT2D eigenvalue weighted by molar-refractivity contribution is -0.121. The van der Waals surface area contributed by atoms with Crippen LogP contribution in [0.3, 0.4) is 0 Å². The minimum atomic E-state index is -0.218. The average molecular weight is 548 g/mol. The van der Waals surface area contributed by atoms with Crippen molar-refractivity contribution in [1.29, 1.82) is 0 Å². The normalized spacial score (nSPS) is 10.8. The summed E-state index contributed by atoms with van der Waals surface area (Å²) in [7, 11) is 0. The van der Waals surface area contributed by atoms with E-state index in [1.165, 1.54) is 12.8 Å². The number of phenolic OH excluding ortho intramolecular Hbond substituents is 1. The minimum absolute atomic E-state index is 0.0793. The number of anilines is 1.